The number of benzene rings is 1. The number of nitrogens with one attached hydrogen (secondary N) is 1. The molecule has 0 radical (unpaired) electrons. The molecular formula is C17H21NO3. The number of hydrogen-bond donors (Lipinski definition) is 1. The van der Waals surface area contributed by atoms with Gasteiger partial charge in [-0.05, 0) is 25.1 Å². The van der Waals surface area contributed by atoms with Gasteiger partial charge in [0, 0.05) is 5.41 Å². The molecule has 2 rings (SSSR count). The molecule has 0 aliphatic carbocycles. The number of hydrogen-bond acceptors (Lipinski definition) is 3. The van der Waals surface area contributed by atoms with Gasteiger partial charge in [0.2, 0.25) is 0 Å². The van der Waals surface area contributed by atoms with Gasteiger partial charge in [-0.1, -0.05) is 32.9 Å². The Morgan fingerprint density at radius 3 is 2.48 bits per heavy atom. The summed E-state index contributed by atoms with van der Waals surface area (Å²) in [6, 6.07) is 9.12. The first-order valence-corrected chi connectivity index (χ1v) is 6.88. The predicted molar refractivity (Wildman–Crippen MR) is 83.1 cm³/mol. The van der Waals surface area contributed by atoms with Crippen LogP contribution in [0.2, 0.25) is 0 Å². The lowest BCUT2D eigenvalue weighted by molar-refractivity contribution is 0.102. The number of rotatable bonds is 3. The third kappa shape index (κ3) is 3.27. The SMILES string of the molecule is COc1ccccc1NC(=O)c1cc(C(C)(C)C)oc1C. The summed E-state index contributed by atoms with van der Waals surface area (Å²) >= 11 is 0. The van der Waals surface area contributed by atoms with Crippen LogP contribution in [-0.2, 0) is 5.41 Å². The first-order valence-electron chi connectivity index (χ1n) is 6.88. The molecule has 1 aromatic heterocycles. The van der Waals surface area contributed by atoms with Crippen LogP contribution in [0.25, 0.3) is 0 Å². The Bertz CT molecular complexity index is 650. The number of para-hydroxylation sites is 2. The molecule has 0 unspecified atom stereocenters. The van der Waals surface area contributed by atoms with Crippen LogP contribution in [0, 0.1) is 6.92 Å². The molecule has 0 spiro atoms. The van der Waals surface area contributed by atoms with E-state index in [1.54, 1.807) is 32.2 Å². The lowest BCUT2D eigenvalue weighted by atomic mass is 9.93. The maximum absolute atomic E-state index is 12.4. The zero-order valence-corrected chi connectivity index (χ0v) is 13.1. The Morgan fingerprint density at radius 2 is 1.90 bits per heavy atom. The Kier molecular flexibility index (Phi) is 4.07. The van der Waals surface area contributed by atoms with Crippen LogP contribution in [0.3, 0.4) is 0 Å². The lowest BCUT2D eigenvalue weighted by Crippen LogP contribution is -2.13. The smallest absolute Gasteiger partial charge is 0.259 e. The van der Waals surface area contributed by atoms with Gasteiger partial charge in [0.1, 0.15) is 17.3 Å². The Labute approximate surface area is 125 Å². The van der Waals surface area contributed by atoms with Crippen molar-refractivity contribution in [1.82, 2.24) is 0 Å². The summed E-state index contributed by atoms with van der Waals surface area (Å²) in [5.41, 5.74) is 1.06. The molecule has 4 nitrogen and oxygen atoms in total. The van der Waals surface area contributed by atoms with Gasteiger partial charge >= 0.3 is 0 Å². The summed E-state index contributed by atoms with van der Waals surface area (Å²) in [4.78, 5) is 12.4. The number of methoxy groups -OCH3 is 1. The van der Waals surface area contributed by atoms with E-state index in [1.807, 2.05) is 32.9 Å². The van der Waals surface area contributed by atoms with Gasteiger partial charge < -0.3 is 14.5 Å². The monoisotopic (exact) mass is 287 g/mol. The summed E-state index contributed by atoms with van der Waals surface area (Å²) in [7, 11) is 1.58. The molecule has 1 heterocycles. The number of furan rings is 1. The van der Waals surface area contributed by atoms with Gasteiger partial charge in [-0.15, -0.1) is 0 Å². The Morgan fingerprint density at radius 1 is 1.24 bits per heavy atom. The second-order valence-corrected chi connectivity index (χ2v) is 5.98. The molecule has 1 N–H and O–H groups in total. The highest BCUT2D eigenvalue weighted by Gasteiger charge is 2.23. The highest BCUT2D eigenvalue weighted by Crippen LogP contribution is 2.28. The standard InChI is InChI=1S/C17H21NO3/c1-11-12(10-15(21-11)17(2,3)4)16(19)18-13-8-6-7-9-14(13)20-5/h6-10H,1-5H3,(H,18,19). The minimum Gasteiger partial charge on any atom is -0.495 e. The van der Waals surface area contributed by atoms with E-state index < -0.39 is 0 Å². The van der Waals surface area contributed by atoms with Crippen molar-refractivity contribution < 1.29 is 13.9 Å². The van der Waals surface area contributed by atoms with Crippen molar-refractivity contribution in [3.63, 3.8) is 0 Å². The number of aryl methyl sites for hydroxylation is 1. The van der Waals surface area contributed by atoms with Crippen LogP contribution in [0.5, 0.6) is 5.75 Å². The molecule has 0 saturated heterocycles. The van der Waals surface area contributed by atoms with Crippen molar-refractivity contribution in [2.75, 3.05) is 12.4 Å². The van der Waals surface area contributed by atoms with E-state index in [9.17, 15) is 4.79 Å². The molecule has 112 valence electrons. The van der Waals surface area contributed by atoms with E-state index in [0.717, 1.165) is 5.76 Å². The topological polar surface area (TPSA) is 51.5 Å². The number of anilines is 1. The maximum atomic E-state index is 12.4. The summed E-state index contributed by atoms with van der Waals surface area (Å²) in [5.74, 6) is 1.84. The van der Waals surface area contributed by atoms with Gasteiger partial charge in [0.05, 0.1) is 18.4 Å². The van der Waals surface area contributed by atoms with E-state index in [2.05, 4.69) is 5.32 Å². The molecule has 4 heteroatoms. The van der Waals surface area contributed by atoms with E-state index >= 15 is 0 Å². The largest absolute Gasteiger partial charge is 0.495 e. The zero-order chi connectivity index (χ0) is 15.6. The molecule has 2 aromatic rings. The predicted octanol–water partition coefficient (Wildman–Crippen LogP) is 4.15. The molecule has 0 atom stereocenters. The van der Waals surface area contributed by atoms with Crippen LogP contribution in [0.15, 0.2) is 34.7 Å². The second kappa shape index (κ2) is 5.64. The van der Waals surface area contributed by atoms with Gasteiger partial charge in [0.25, 0.3) is 5.91 Å². The molecule has 0 aliphatic rings. The van der Waals surface area contributed by atoms with E-state index in [1.165, 1.54) is 0 Å². The molecule has 0 aliphatic heterocycles. The van der Waals surface area contributed by atoms with E-state index in [-0.39, 0.29) is 11.3 Å². The van der Waals surface area contributed by atoms with Crippen molar-refractivity contribution in [3.8, 4) is 5.75 Å². The quantitative estimate of drug-likeness (QED) is 0.922. The minimum atomic E-state index is -0.198. The molecule has 1 amide bonds. The first kappa shape index (κ1) is 15.2. The fourth-order valence-electron chi connectivity index (χ4n) is 2.01. The van der Waals surface area contributed by atoms with E-state index in [0.29, 0.717) is 22.8 Å². The molecular weight excluding hydrogens is 266 g/mol. The highest BCUT2D eigenvalue weighted by molar-refractivity contribution is 6.05. The lowest BCUT2D eigenvalue weighted by Gasteiger charge is -2.13. The van der Waals surface area contributed by atoms with Gasteiger partial charge in [-0.3, -0.25) is 4.79 Å². The van der Waals surface area contributed by atoms with Crippen LogP contribution >= 0.6 is 0 Å². The van der Waals surface area contributed by atoms with Crippen LogP contribution < -0.4 is 10.1 Å². The third-order valence-corrected chi connectivity index (χ3v) is 3.26. The normalized spacial score (nSPS) is 11.3. The van der Waals surface area contributed by atoms with Crippen molar-refractivity contribution in [3.05, 3.63) is 47.4 Å². The summed E-state index contributed by atoms with van der Waals surface area (Å²) in [5, 5.41) is 2.86. The minimum absolute atomic E-state index is 0.131. The van der Waals surface area contributed by atoms with E-state index in [4.69, 9.17) is 9.15 Å². The third-order valence-electron chi connectivity index (χ3n) is 3.26. The molecule has 1 aromatic carbocycles. The van der Waals surface area contributed by atoms with Crippen LogP contribution in [0.1, 0.15) is 42.6 Å². The fraction of sp³-hybridized carbons (Fsp3) is 0.353. The second-order valence-electron chi connectivity index (χ2n) is 5.98. The van der Waals surface area contributed by atoms with Crippen LogP contribution in [0.4, 0.5) is 5.69 Å². The maximum Gasteiger partial charge on any atom is 0.259 e. The summed E-state index contributed by atoms with van der Waals surface area (Å²) < 4.78 is 10.9. The average Bonchev–Trinajstić information content (AvgIpc) is 2.81. The first-order chi connectivity index (χ1) is 9.82. The van der Waals surface area contributed by atoms with Crippen molar-refractivity contribution in [2.45, 2.75) is 33.1 Å². The average molecular weight is 287 g/mol. The zero-order valence-electron chi connectivity index (χ0n) is 13.1. The number of ether oxygens (including phenoxy) is 1. The van der Waals surface area contributed by atoms with Crippen molar-refractivity contribution in [2.24, 2.45) is 0 Å². The molecule has 0 saturated carbocycles. The fourth-order valence-corrected chi connectivity index (χ4v) is 2.01. The van der Waals surface area contributed by atoms with Crippen molar-refractivity contribution >= 4 is 11.6 Å². The van der Waals surface area contributed by atoms with Gasteiger partial charge in [0.15, 0.2) is 0 Å². The molecule has 21 heavy (non-hydrogen) atoms. The summed E-state index contributed by atoms with van der Waals surface area (Å²) in [6.45, 7) is 7.94. The van der Waals surface area contributed by atoms with Gasteiger partial charge in [-0.2, -0.15) is 0 Å². The highest BCUT2D eigenvalue weighted by atomic mass is 16.5. The number of amides is 1. The van der Waals surface area contributed by atoms with Crippen molar-refractivity contribution in [1.29, 1.82) is 0 Å². The number of carbonyl (C=O) groups is 1. The Balaban J connectivity index is 2.27. The number of carbonyl (C=O) groups excluding carboxylic acids is 1. The Hall–Kier alpha value is -2.23. The van der Waals surface area contributed by atoms with Gasteiger partial charge in [-0.25, -0.2) is 0 Å². The van der Waals surface area contributed by atoms with Crippen LogP contribution in [-0.4, -0.2) is 13.0 Å². The summed E-state index contributed by atoms with van der Waals surface area (Å²) in [6.07, 6.45) is 0. The molecule has 0 bridgehead atoms. The molecule has 0 fully saturated rings.